The van der Waals surface area contributed by atoms with E-state index in [4.69, 9.17) is 10.5 Å². The van der Waals surface area contributed by atoms with Gasteiger partial charge in [-0.3, -0.25) is 9.59 Å². The highest BCUT2D eigenvalue weighted by Crippen LogP contribution is 2.19. The van der Waals surface area contributed by atoms with Crippen molar-refractivity contribution in [2.45, 2.75) is 25.4 Å². The summed E-state index contributed by atoms with van der Waals surface area (Å²) in [6.45, 7) is 2.75. The lowest BCUT2D eigenvalue weighted by atomic mass is 10.0. The van der Waals surface area contributed by atoms with Crippen LogP contribution in [0.1, 0.15) is 18.2 Å². The van der Waals surface area contributed by atoms with E-state index in [0.717, 1.165) is 6.42 Å². The molecule has 1 fully saturated rings. The predicted molar refractivity (Wildman–Crippen MR) is 72.8 cm³/mol. The van der Waals surface area contributed by atoms with Gasteiger partial charge in [-0.2, -0.15) is 0 Å². The molecule has 0 spiro atoms. The molecule has 0 aromatic carbocycles. The normalized spacial score (nSPS) is 23.3. The van der Waals surface area contributed by atoms with Gasteiger partial charge in [-0.05, 0) is 24.8 Å². The van der Waals surface area contributed by atoms with Crippen LogP contribution in [0.3, 0.4) is 0 Å². The fourth-order valence-corrected chi connectivity index (χ4v) is 2.78. The summed E-state index contributed by atoms with van der Waals surface area (Å²) in [5.74, 6) is -0.479. The van der Waals surface area contributed by atoms with Crippen LogP contribution in [-0.2, 0) is 20.7 Å². The summed E-state index contributed by atoms with van der Waals surface area (Å²) in [6, 6.07) is 3.99. The molecule has 6 heteroatoms. The third-order valence-corrected chi connectivity index (χ3v) is 4.25. The van der Waals surface area contributed by atoms with E-state index in [-0.39, 0.29) is 12.5 Å². The largest absolute Gasteiger partial charge is 0.367 e. The molecule has 2 N–H and O–H groups in total. The Morgan fingerprint density at radius 2 is 2.37 bits per heavy atom. The van der Waals surface area contributed by atoms with Gasteiger partial charge in [-0.1, -0.05) is 6.07 Å². The van der Waals surface area contributed by atoms with Crippen molar-refractivity contribution in [3.8, 4) is 0 Å². The summed E-state index contributed by atoms with van der Waals surface area (Å²) >= 11 is 1.65. The number of carbonyl (C=O) groups excluding carboxylic acids is 2. The maximum absolute atomic E-state index is 12.1. The molecule has 1 aliphatic rings. The summed E-state index contributed by atoms with van der Waals surface area (Å²) in [7, 11) is 0. The highest BCUT2D eigenvalue weighted by molar-refractivity contribution is 7.09. The van der Waals surface area contributed by atoms with Crippen molar-refractivity contribution < 1.29 is 14.3 Å². The third kappa shape index (κ3) is 3.33. The number of thiophene rings is 1. The zero-order valence-corrected chi connectivity index (χ0v) is 11.7. The minimum Gasteiger partial charge on any atom is -0.367 e. The molecule has 1 aromatic heterocycles. The lowest BCUT2D eigenvalue weighted by molar-refractivity contribution is -0.160. The maximum atomic E-state index is 12.1. The van der Waals surface area contributed by atoms with Crippen molar-refractivity contribution in [3.63, 3.8) is 0 Å². The first-order valence-electron chi connectivity index (χ1n) is 6.25. The average molecular weight is 282 g/mol. The van der Waals surface area contributed by atoms with Crippen molar-refractivity contribution in [1.29, 1.82) is 0 Å². The van der Waals surface area contributed by atoms with Gasteiger partial charge in [0.25, 0.3) is 5.91 Å². The number of nitrogens with two attached hydrogens (primary N) is 1. The van der Waals surface area contributed by atoms with Crippen LogP contribution in [0, 0.1) is 0 Å². The number of nitrogens with zero attached hydrogens (tertiary/aromatic N) is 1. The van der Waals surface area contributed by atoms with Crippen LogP contribution in [0.4, 0.5) is 0 Å². The molecule has 2 heterocycles. The topological polar surface area (TPSA) is 72.6 Å². The third-order valence-electron chi connectivity index (χ3n) is 3.31. The maximum Gasteiger partial charge on any atom is 0.251 e. The Kier molecular flexibility index (Phi) is 4.21. The molecule has 2 rings (SSSR count). The molecule has 0 radical (unpaired) electrons. The highest BCUT2D eigenvalue weighted by atomic mass is 32.1. The zero-order chi connectivity index (χ0) is 13.9. The Morgan fingerprint density at radius 1 is 1.58 bits per heavy atom. The van der Waals surface area contributed by atoms with Gasteiger partial charge in [0.1, 0.15) is 0 Å². The highest BCUT2D eigenvalue weighted by Gasteiger charge is 2.38. The molecular formula is C13H18N2O3S. The SMILES string of the molecule is C[C@]1(C(N)=O)CN(C(=O)CCc2cccs2)CCO1. The summed E-state index contributed by atoms with van der Waals surface area (Å²) < 4.78 is 5.39. The Labute approximate surface area is 116 Å². The molecule has 1 saturated heterocycles. The number of rotatable bonds is 4. The number of hydrogen-bond acceptors (Lipinski definition) is 4. The van der Waals surface area contributed by atoms with Gasteiger partial charge in [-0.15, -0.1) is 11.3 Å². The van der Waals surface area contributed by atoms with E-state index in [2.05, 4.69) is 0 Å². The molecule has 19 heavy (non-hydrogen) atoms. The Morgan fingerprint density at radius 3 is 3.00 bits per heavy atom. The second-order valence-electron chi connectivity index (χ2n) is 4.84. The van der Waals surface area contributed by atoms with E-state index in [0.29, 0.717) is 19.6 Å². The summed E-state index contributed by atoms with van der Waals surface area (Å²) in [5, 5.41) is 2.00. The first-order chi connectivity index (χ1) is 9.01. The number of carbonyl (C=O) groups is 2. The Bertz CT molecular complexity index is 460. The number of ether oxygens (including phenoxy) is 1. The first-order valence-corrected chi connectivity index (χ1v) is 7.13. The van der Waals surface area contributed by atoms with Crippen molar-refractivity contribution in [1.82, 2.24) is 4.90 Å². The molecule has 0 aliphatic carbocycles. The van der Waals surface area contributed by atoms with Crippen LogP contribution < -0.4 is 5.73 Å². The Balaban J connectivity index is 1.90. The van der Waals surface area contributed by atoms with Gasteiger partial charge < -0.3 is 15.4 Å². The molecule has 104 valence electrons. The quantitative estimate of drug-likeness (QED) is 0.887. The second kappa shape index (κ2) is 5.71. The molecular weight excluding hydrogens is 264 g/mol. The van der Waals surface area contributed by atoms with Gasteiger partial charge >= 0.3 is 0 Å². The van der Waals surface area contributed by atoms with Crippen LogP contribution in [0.5, 0.6) is 0 Å². The molecule has 1 aliphatic heterocycles. The van der Waals surface area contributed by atoms with E-state index in [9.17, 15) is 9.59 Å². The summed E-state index contributed by atoms with van der Waals surface area (Å²) in [6.07, 6.45) is 1.19. The monoisotopic (exact) mass is 282 g/mol. The number of amides is 2. The summed E-state index contributed by atoms with van der Waals surface area (Å²) in [5.41, 5.74) is 4.26. The van der Waals surface area contributed by atoms with Crippen molar-refractivity contribution >= 4 is 23.2 Å². The number of primary amides is 1. The van der Waals surface area contributed by atoms with Gasteiger partial charge in [-0.25, -0.2) is 0 Å². The standard InChI is InChI=1S/C13H18N2O3S/c1-13(12(14)17)9-15(6-7-18-13)11(16)5-4-10-3-2-8-19-10/h2-3,8H,4-7,9H2,1H3,(H2,14,17)/t13-/m1/s1. The van der Waals surface area contributed by atoms with Crippen LogP contribution in [0.2, 0.25) is 0 Å². The number of morpholine rings is 1. The smallest absolute Gasteiger partial charge is 0.251 e. The molecule has 1 atom stereocenters. The molecule has 1 aromatic rings. The molecule has 0 saturated carbocycles. The molecule has 0 bridgehead atoms. The first kappa shape index (κ1) is 14.0. The minimum absolute atomic E-state index is 0.0455. The minimum atomic E-state index is -1.06. The van der Waals surface area contributed by atoms with Gasteiger partial charge in [0, 0.05) is 17.8 Å². The zero-order valence-electron chi connectivity index (χ0n) is 10.9. The van der Waals surface area contributed by atoms with E-state index >= 15 is 0 Å². The van der Waals surface area contributed by atoms with Crippen LogP contribution in [0.25, 0.3) is 0 Å². The molecule has 5 nitrogen and oxygen atoms in total. The van der Waals surface area contributed by atoms with Crippen LogP contribution in [-0.4, -0.2) is 42.0 Å². The van der Waals surface area contributed by atoms with E-state index in [1.54, 1.807) is 23.2 Å². The number of aryl methyl sites for hydroxylation is 1. The summed E-state index contributed by atoms with van der Waals surface area (Å²) in [4.78, 5) is 26.3. The lowest BCUT2D eigenvalue weighted by Crippen LogP contribution is -2.58. The van der Waals surface area contributed by atoms with Gasteiger partial charge in [0.2, 0.25) is 5.91 Å². The lowest BCUT2D eigenvalue weighted by Gasteiger charge is -2.38. The molecule has 0 unspecified atom stereocenters. The van der Waals surface area contributed by atoms with Crippen molar-refractivity contribution in [3.05, 3.63) is 22.4 Å². The van der Waals surface area contributed by atoms with Crippen LogP contribution in [0.15, 0.2) is 17.5 Å². The number of hydrogen-bond donors (Lipinski definition) is 1. The van der Waals surface area contributed by atoms with E-state index < -0.39 is 11.5 Å². The van der Waals surface area contributed by atoms with Crippen molar-refractivity contribution in [2.75, 3.05) is 19.7 Å². The van der Waals surface area contributed by atoms with Gasteiger partial charge in [0.15, 0.2) is 5.60 Å². The fourth-order valence-electron chi connectivity index (χ4n) is 2.08. The fraction of sp³-hybridized carbons (Fsp3) is 0.538. The van der Waals surface area contributed by atoms with Crippen molar-refractivity contribution in [2.24, 2.45) is 5.73 Å². The van der Waals surface area contributed by atoms with Crippen LogP contribution >= 0.6 is 11.3 Å². The van der Waals surface area contributed by atoms with Gasteiger partial charge in [0.05, 0.1) is 13.2 Å². The predicted octanol–water partition coefficient (Wildman–Crippen LogP) is 0.783. The van der Waals surface area contributed by atoms with E-state index in [1.807, 2.05) is 17.5 Å². The molecule has 2 amide bonds. The second-order valence-corrected chi connectivity index (χ2v) is 5.87. The Hall–Kier alpha value is -1.40. The van der Waals surface area contributed by atoms with E-state index in [1.165, 1.54) is 4.88 Å². The average Bonchev–Trinajstić information content (AvgIpc) is 2.89.